The summed E-state index contributed by atoms with van der Waals surface area (Å²) in [4.78, 5) is 17.0. The highest BCUT2D eigenvalue weighted by Gasteiger charge is 2.23. The number of aromatic nitrogens is 3. The summed E-state index contributed by atoms with van der Waals surface area (Å²) in [7, 11) is 1.85. The second-order valence-electron chi connectivity index (χ2n) is 5.45. The second-order valence-corrected chi connectivity index (χ2v) is 7.26. The second kappa shape index (κ2) is 6.83. The third kappa shape index (κ3) is 3.20. The number of thioether (sulfide) groups is 1. The van der Waals surface area contributed by atoms with Crippen LogP contribution in [0.1, 0.15) is 45.3 Å². The van der Waals surface area contributed by atoms with Crippen molar-refractivity contribution in [3.05, 3.63) is 33.0 Å². The largest absolute Gasteiger partial charge is 0.345 e. The molecule has 0 aliphatic heterocycles. The van der Waals surface area contributed by atoms with Crippen molar-refractivity contribution in [2.75, 3.05) is 6.26 Å². The van der Waals surface area contributed by atoms with Crippen molar-refractivity contribution in [2.45, 2.75) is 38.0 Å². The molecule has 0 atom stereocenters. The molecule has 0 saturated heterocycles. The zero-order chi connectivity index (χ0) is 15.5. The predicted molar refractivity (Wildman–Crippen MR) is 90.4 cm³/mol. The fourth-order valence-electron chi connectivity index (χ4n) is 2.84. The van der Waals surface area contributed by atoms with E-state index in [1.165, 1.54) is 6.42 Å². The summed E-state index contributed by atoms with van der Waals surface area (Å²) < 4.78 is 1.73. The van der Waals surface area contributed by atoms with Crippen LogP contribution in [0.25, 0.3) is 0 Å². The lowest BCUT2D eigenvalue weighted by molar-refractivity contribution is 0.0940. The highest BCUT2D eigenvalue weighted by Crippen LogP contribution is 2.23. The maximum absolute atomic E-state index is 12.5. The van der Waals surface area contributed by atoms with E-state index in [0.717, 1.165) is 47.0 Å². The Hall–Kier alpha value is -1.34. The van der Waals surface area contributed by atoms with Crippen LogP contribution < -0.4 is 5.32 Å². The summed E-state index contributed by atoms with van der Waals surface area (Å²) in [6.45, 7) is 0.476. The minimum absolute atomic E-state index is 0.0439. The highest BCUT2D eigenvalue weighted by molar-refractivity contribution is 7.97. The molecule has 0 aromatic carbocycles. The monoisotopic (exact) mass is 336 g/mol. The van der Waals surface area contributed by atoms with E-state index in [4.69, 9.17) is 0 Å². The fourth-order valence-corrected chi connectivity index (χ4v) is 4.35. The van der Waals surface area contributed by atoms with Crippen molar-refractivity contribution in [3.8, 4) is 0 Å². The molecule has 0 saturated carbocycles. The van der Waals surface area contributed by atoms with Crippen LogP contribution in [0.15, 0.2) is 5.38 Å². The van der Waals surface area contributed by atoms with Crippen molar-refractivity contribution in [2.24, 2.45) is 7.05 Å². The van der Waals surface area contributed by atoms with E-state index < -0.39 is 0 Å². The number of carbonyl (C=O) groups excluding carboxylic acids is 1. The molecular weight excluding hydrogens is 316 g/mol. The average Bonchev–Trinajstić information content (AvgIpc) is 3.08. The van der Waals surface area contributed by atoms with Crippen molar-refractivity contribution in [3.63, 3.8) is 0 Å². The molecule has 1 N–H and O–H groups in total. The number of nitrogens with one attached hydrogen (secondary N) is 1. The van der Waals surface area contributed by atoms with Crippen LogP contribution in [-0.4, -0.2) is 26.9 Å². The lowest BCUT2D eigenvalue weighted by atomic mass is 9.95. The quantitative estimate of drug-likeness (QED) is 0.911. The summed E-state index contributed by atoms with van der Waals surface area (Å²) in [5, 5.41) is 10.6. The van der Waals surface area contributed by atoms with Crippen molar-refractivity contribution < 1.29 is 4.79 Å². The molecule has 2 aromatic heterocycles. The Morgan fingerprint density at radius 2 is 2.27 bits per heavy atom. The Morgan fingerprint density at radius 3 is 3.09 bits per heavy atom. The van der Waals surface area contributed by atoms with Crippen LogP contribution in [0.4, 0.5) is 0 Å². The Balaban J connectivity index is 1.68. The predicted octanol–water partition coefficient (Wildman–Crippen LogP) is 2.55. The number of fused-ring (bicyclic) bond motifs is 1. The Kier molecular flexibility index (Phi) is 4.83. The first-order valence-electron chi connectivity index (χ1n) is 7.44. The number of nitrogens with zero attached hydrogens (tertiary/aromatic N) is 3. The first-order chi connectivity index (χ1) is 10.7. The maximum atomic E-state index is 12.5. The Morgan fingerprint density at radius 1 is 1.45 bits per heavy atom. The summed E-state index contributed by atoms with van der Waals surface area (Å²) >= 11 is 3.41. The van der Waals surface area contributed by atoms with Crippen LogP contribution in [0, 0.1) is 0 Å². The molecular formula is C15H20N4OS2. The standard InChI is InChI=1S/C15H20N4OS2/c1-19-14(11-5-3-4-6-12(11)18-19)15(20)16-7-10-8-22-13(17-10)9-21-2/h8H,3-7,9H2,1-2H3,(H,16,20). The van der Waals surface area contributed by atoms with Crippen LogP contribution in [0.5, 0.6) is 0 Å². The van der Waals surface area contributed by atoms with E-state index in [1.807, 2.05) is 12.4 Å². The van der Waals surface area contributed by atoms with Gasteiger partial charge in [0.25, 0.3) is 5.91 Å². The first-order valence-corrected chi connectivity index (χ1v) is 9.71. The molecule has 7 heteroatoms. The summed E-state index contributed by atoms with van der Waals surface area (Å²) in [5.41, 5.74) is 3.87. The smallest absolute Gasteiger partial charge is 0.270 e. The number of hydrogen-bond donors (Lipinski definition) is 1. The topological polar surface area (TPSA) is 59.8 Å². The molecule has 0 bridgehead atoms. The van der Waals surface area contributed by atoms with E-state index in [9.17, 15) is 4.79 Å². The van der Waals surface area contributed by atoms with Gasteiger partial charge in [0.05, 0.1) is 17.9 Å². The molecule has 0 radical (unpaired) electrons. The molecule has 1 amide bonds. The van der Waals surface area contributed by atoms with Gasteiger partial charge in [0.15, 0.2) is 0 Å². The molecule has 22 heavy (non-hydrogen) atoms. The third-order valence-corrected chi connectivity index (χ3v) is 5.47. The lowest BCUT2D eigenvalue weighted by Gasteiger charge is -2.11. The van der Waals surface area contributed by atoms with Crippen LogP contribution >= 0.6 is 23.1 Å². The fraction of sp³-hybridized carbons (Fsp3) is 0.533. The van der Waals surface area contributed by atoms with E-state index >= 15 is 0 Å². The van der Waals surface area contributed by atoms with Gasteiger partial charge in [-0.1, -0.05) is 0 Å². The summed E-state index contributed by atoms with van der Waals surface area (Å²) in [6, 6.07) is 0. The number of rotatable bonds is 5. The molecule has 2 aromatic rings. The average molecular weight is 336 g/mol. The molecule has 5 nitrogen and oxygen atoms in total. The summed E-state index contributed by atoms with van der Waals surface area (Å²) in [5.74, 6) is 0.881. The van der Waals surface area contributed by atoms with E-state index in [1.54, 1.807) is 27.8 Å². The van der Waals surface area contributed by atoms with Crippen molar-refractivity contribution in [1.82, 2.24) is 20.1 Å². The molecule has 0 fully saturated rings. The van der Waals surface area contributed by atoms with Gasteiger partial charge in [0.1, 0.15) is 10.7 Å². The van der Waals surface area contributed by atoms with Gasteiger partial charge in [-0.25, -0.2) is 4.98 Å². The van der Waals surface area contributed by atoms with Crippen molar-refractivity contribution in [1.29, 1.82) is 0 Å². The van der Waals surface area contributed by atoms with Crippen molar-refractivity contribution >= 4 is 29.0 Å². The summed E-state index contributed by atoms with van der Waals surface area (Å²) in [6.07, 6.45) is 6.32. The minimum atomic E-state index is -0.0439. The molecule has 3 rings (SSSR count). The Labute approximate surface area is 138 Å². The number of thiazole rings is 1. The lowest BCUT2D eigenvalue weighted by Crippen LogP contribution is -2.26. The van der Waals surface area contributed by atoms with Crippen LogP contribution in [0.2, 0.25) is 0 Å². The number of aryl methyl sites for hydroxylation is 2. The van der Waals surface area contributed by atoms with Gasteiger partial charge in [-0.3, -0.25) is 9.48 Å². The van der Waals surface area contributed by atoms with E-state index in [-0.39, 0.29) is 5.91 Å². The molecule has 0 unspecified atom stereocenters. The van der Waals surface area contributed by atoms with Crippen LogP contribution in [0.3, 0.4) is 0 Å². The zero-order valence-electron chi connectivity index (χ0n) is 12.9. The number of carbonyl (C=O) groups is 1. The molecule has 118 valence electrons. The van der Waals surface area contributed by atoms with E-state index in [0.29, 0.717) is 12.2 Å². The van der Waals surface area contributed by atoms with Gasteiger partial charge in [-0.05, 0) is 31.9 Å². The normalized spacial score (nSPS) is 13.9. The van der Waals surface area contributed by atoms with E-state index in [2.05, 4.69) is 21.7 Å². The van der Waals surface area contributed by atoms with Crippen LogP contribution in [-0.2, 0) is 32.2 Å². The molecule has 1 aliphatic rings. The third-order valence-electron chi connectivity index (χ3n) is 3.83. The van der Waals surface area contributed by atoms with Gasteiger partial charge in [-0.15, -0.1) is 11.3 Å². The van der Waals surface area contributed by atoms with Gasteiger partial charge in [0, 0.05) is 23.7 Å². The maximum Gasteiger partial charge on any atom is 0.270 e. The molecule has 0 spiro atoms. The molecule has 2 heterocycles. The highest BCUT2D eigenvalue weighted by atomic mass is 32.2. The molecule has 1 aliphatic carbocycles. The SMILES string of the molecule is CSCc1nc(CNC(=O)c2c3c(nn2C)CCCC3)cs1. The zero-order valence-corrected chi connectivity index (χ0v) is 14.5. The number of amides is 1. The Bertz CT molecular complexity index is 677. The first kappa shape index (κ1) is 15.6. The van der Waals surface area contributed by atoms with Gasteiger partial charge in [-0.2, -0.15) is 16.9 Å². The van der Waals surface area contributed by atoms with Gasteiger partial charge < -0.3 is 5.32 Å². The minimum Gasteiger partial charge on any atom is -0.345 e. The van der Waals surface area contributed by atoms with Gasteiger partial charge in [0.2, 0.25) is 0 Å². The van der Waals surface area contributed by atoms with Gasteiger partial charge >= 0.3 is 0 Å². The number of hydrogen-bond acceptors (Lipinski definition) is 5.